The lowest BCUT2D eigenvalue weighted by Gasteiger charge is -2.29. The van der Waals surface area contributed by atoms with Crippen LogP contribution in [0.3, 0.4) is 0 Å². The second-order valence-corrected chi connectivity index (χ2v) is 3.79. The van der Waals surface area contributed by atoms with Crippen LogP contribution in [0, 0.1) is 0 Å². The maximum absolute atomic E-state index is 5.22. The number of hydrogen-bond donors (Lipinski definition) is 1. The van der Waals surface area contributed by atoms with E-state index in [9.17, 15) is 0 Å². The largest absolute Gasteiger partial charge is 0.497 e. The number of nitrogens with zero attached hydrogens (tertiary/aromatic N) is 1. The summed E-state index contributed by atoms with van der Waals surface area (Å²) in [7, 11) is 1.70. The van der Waals surface area contributed by atoms with E-state index in [2.05, 4.69) is 29.7 Å². The van der Waals surface area contributed by atoms with Gasteiger partial charge in [-0.05, 0) is 24.5 Å². The van der Waals surface area contributed by atoms with Gasteiger partial charge in [-0.2, -0.15) is 12.6 Å². The van der Waals surface area contributed by atoms with Crippen molar-refractivity contribution in [2.24, 2.45) is 0 Å². The Labute approximate surface area is 90.3 Å². The van der Waals surface area contributed by atoms with Crippen LogP contribution in [0.2, 0.25) is 0 Å². The van der Waals surface area contributed by atoms with E-state index in [1.165, 1.54) is 24.1 Å². The van der Waals surface area contributed by atoms with Crippen LogP contribution in [0.4, 0.5) is 5.69 Å². The molecule has 76 valence electrons. The molecule has 0 N–H and O–H groups in total. The first kappa shape index (κ1) is 9.71. The summed E-state index contributed by atoms with van der Waals surface area (Å²) in [5, 5.41) is 0. The molecule has 3 heteroatoms. The molecule has 1 aromatic rings. The van der Waals surface area contributed by atoms with Crippen LogP contribution < -0.4 is 9.64 Å². The molecule has 0 radical (unpaired) electrons. The van der Waals surface area contributed by atoms with E-state index in [4.69, 9.17) is 4.74 Å². The molecule has 0 bridgehead atoms. The van der Waals surface area contributed by atoms with Crippen LogP contribution in [-0.4, -0.2) is 19.5 Å². The van der Waals surface area contributed by atoms with Crippen molar-refractivity contribution in [3.05, 3.63) is 23.8 Å². The fraction of sp³-hybridized carbons (Fsp3) is 0.455. The Hall–Kier alpha value is -0.830. The van der Waals surface area contributed by atoms with Crippen molar-refractivity contribution in [2.75, 3.05) is 24.4 Å². The van der Waals surface area contributed by atoms with Crippen molar-refractivity contribution >= 4 is 18.3 Å². The first-order valence-corrected chi connectivity index (χ1v) is 5.51. The van der Waals surface area contributed by atoms with Gasteiger partial charge in [-0.3, -0.25) is 0 Å². The fourth-order valence-electron chi connectivity index (χ4n) is 1.90. The van der Waals surface area contributed by atoms with Crippen LogP contribution in [0.5, 0.6) is 5.75 Å². The normalized spacial score (nSPS) is 15.1. The molecule has 0 atom stereocenters. The molecule has 0 spiro atoms. The molecule has 14 heavy (non-hydrogen) atoms. The Balaban J connectivity index is 2.38. The second-order valence-electron chi connectivity index (χ2n) is 3.50. The molecule has 2 nitrogen and oxygen atoms in total. The van der Waals surface area contributed by atoms with Crippen LogP contribution in [0.1, 0.15) is 12.0 Å². The predicted molar refractivity (Wildman–Crippen MR) is 62.5 cm³/mol. The molecule has 0 aliphatic carbocycles. The zero-order chi connectivity index (χ0) is 9.97. The minimum Gasteiger partial charge on any atom is -0.497 e. The lowest BCUT2D eigenvalue weighted by molar-refractivity contribution is 0.414. The molecule has 0 amide bonds. The minimum atomic E-state index is 0.778. The Bertz CT molecular complexity index is 327. The van der Waals surface area contributed by atoms with E-state index < -0.39 is 0 Å². The number of anilines is 1. The van der Waals surface area contributed by atoms with E-state index in [1.807, 2.05) is 6.07 Å². The van der Waals surface area contributed by atoms with Gasteiger partial charge in [0.25, 0.3) is 0 Å². The number of ether oxygens (including phenoxy) is 1. The quantitative estimate of drug-likeness (QED) is 0.751. The van der Waals surface area contributed by atoms with Gasteiger partial charge >= 0.3 is 0 Å². The molecule has 1 aromatic carbocycles. The highest BCUT2D eigenvalue weighted by Crippen LogP contribution is 2.30. The summed E-state index contributed by atoms with van der Waals surface area (Å²) in [6.07, 6.45) is 2.39. The molecule has 1 heterocycles. The topological polar surface area (TPSA) is 12.5 Å². The van der Waals surface area contributed by atoms with Crippen molar-refractivity contribution in [2.45, 2.75) is 12.8 Å². The Kier molecular flexibility index (Phi) is 2.87. The summed E-state index contributed by atoms with van der Waals surface area (Å²) in [5.74, 6) is 1.71. The second kappa shape index (κ2) is 4.13. The maximum atomic E-state index is 5.22. The van der Waals surface area contributed by atoms with Gasteiger partial charge in [0, 0.05) is 18.3 Å². The highest BCUT2D eigenvalue weighted by molar-refractivity contribution is 7.80. The molecular weight excluding hydrogens is 194 g/mol. The van der Waals surface area contributed by atoms with Crippen LogP contribution in [-0.2, 0) is 6.42 Å². The van der Waals surface area contributed by atoms with Gasteiger partial charge in [-0.15, -0.1) is 0 Å². The van der Waals surface area contributed by atoms with E-state index in [-0.39, 0.29) is 0 Å². The van der Waals surface area contributed by atoms with E-state index in [0.29, 0.717) is 0 Å². The van der Waals surface area contributed by atoms with E-state index in [1.54, 1.807) is 7.11 Å². The minimum absolute atomic E-state index is 0.778. The fourth-order valence-corrected chi connectivity index (χ4v) is 2.20. The molecule has 2 rings (SSSR count). The van der Waals surface area contributed by atoms with Crippen molar-refractivity contribution in [1.82, 2.24) is 0 Å². The molecule has 0 aromatic heterocycles. The summed E-state index contributed by atoms with van der Waals surface area (Å²) < 4.78 is 5.22. The maximum Gasteiger partial charge on any atom is 0.120 e. The highest BCUT2D eigenvalue weighted by Gasteiger charge is 2.15. The number of fused-ring (bicyclic) bond motifs is 1. The Morgan fingerprint density at radius 1 is 1.50 bits per heavy atom. The third kappa shape index (κ3) is 1.69. The summed E-state index contributed by atoms with van der Waals surface area (Å²) in [6, 6.07) is 6.29. The van der Waals surface area contributed by atoms with Gasteiger partial charge in [-0.25, -0.2) is 0 Å². The summed E-state index contributed by atoms with van der Waals surface area (Å²) in [4.78, 5) is 2.28. The summed E-state index contributed by atoms with van der Waals surface area (Å²) in [5.41, 5.74) is 2.69. The van der Waals surface area contributed by atoms with Crippen molar-refractivity contribution in [3.63, 3.8) is 0 Å². The van der Waals surface area contributed by atoms with Gasteiger partial charge in [-0.1, -0.05) is 6.07 Å². The first-order valence-electron chi connectivity index (χ1n) is 4.88. The Morgan fingerprint density at radius 3 is 3.07 bits per heavy atom. The first-order chi connectivity index (χ1) is 6.85. The standard InChI is InChI=1S/C11H15NOS/c1-13-10-5-4-9-3-2-6-12(8-14)11(9)7-10/h4-5,7,14H,2-3,6,8H2,1H3. The predicted octanol–water partition coefficient (Wildman–Crippen LogP) is 2.34. The van der Waals surface area contributed by atoms with E-state index >= 15 is 0 Å². The molecular formula is C11H15NOS. The lowest BCUT2D eigenvalue weighted by Crippen LogP contribution is -2.27. The molecule has 0 unspecified atom stereocenters. The molecule has 0 saturated heterocycles. The number of aryl methyl sites for hydroxylation is 1. The molecule has 1 aliphatic rings. The van der Waals surface area contributed by atoms with Gasteiger partial charge < -0.3 is 9.64 Å². The number of methoxy groups -OCH3 is 1. The molecule has 1 aliphatic heterocycles. The molecule has 0 saturated carbocycles. The third-order valence-electron chi connectivity index (χ3n) is 2.68. The van der Waals surface area contributed by atoms with Gasteiger partial charge in [0.15, 0.2) is 0 Å². The van der Waals surface area contributed by atoms with Gasteiger partial charge in [0.2, 0.25) is 0 Å². The summed E-state index contributed by atoms with van der Waals surface area (Å²) >= 11 is 4.34. The van der Waals surface area contributed by atoms with Crippen LogP contribution in [0.15, 0.2) is 18.2 Å². The molecule has 0 fully saturated rings. The zero-order valence-electron chi connectivity index (χ0n) is 8.36. The van der Waals surface area contributed by atoms with Crippen molar-refractivity contribution in [3.8, 4) is 5.75 Å². The Morgan fingerprint density at radius 2 is 2.36 bits per heavy atom. The highest BCUT2D eigenvalue weighted by atomic mass is 32.1. The van der Waals surface area contributed by atoms with E-state index in [0.717, 1.165) is 18.2 Å². The van der Waals surface area contributed by atoms with Gasteiger partial charge in [0.05, 0.1) is 13.0 Å². The number of rotatable bonds is 2. The average molecular weight is 209 g/mol. The number of benzene rings is 1. The summed E-state index contributed by atoms with van der Waals surface area (Å²) in [6.45, 7) is 1.10. The monoisotopic (exact) mass is 209 g/mol. The van der Waals surface area contributed by atoms with Crippen LogP contribution >= 0.6 is 12.6 Å². The smallest absolute Gasteiger partial charge is 0.120 e. The van der Waals surface area contributed by atoms with Gasteiger partial charge in [0.1, 0.15) is 5.75 Å². The van der Waals surface area contributed by atoms with Crippen molar-refractivity contribution in [1.29, 1.82) is 0 Å². The van der Waals surface area contributed by atoms with Crippen LogP contribution in [0.25, 0.3) is 0 Å². The number of hydrogen-bond acceptors (Lipinski definition) is 3. The lowest BCUT2D eigenvalue weighted by atomic mass is 10.0. The van der Waals surface area contributed by atoms with Crippen molar-refractivity contribution < 1.29 is 4.74 Å². The number of thiol groups is 1. The third-order valence-corrected chi connectivity index (χ3v) is 3.02. The average Bonchev–Trinajstić information content (AvgIpc) is 2.27. The SMILES string of the molecule is COc1ccc2c(c1)N(CS)CCC2. The zero-order valence-corrected chi connectivity index (χ0v) is 9.26.